The first-order valence-corrected chi connectivity index (χ1v) is 13.7. The summed E-state index contributed by atoms with van der Waals surface area (Å²) in [4.78, 5) is 42.6. The highest BCUT2D eigenvalue weighted by Gasteiger charge is 2.38. The maximum Gasteiger partial charge on any atom is 0.408 e. The Morgan fingerprint density at radius 3 is 2.00 bits per heavy atom. The van der Waals surface area contributed by atoms with Crippen LogP contribution in [0.1, 0.15) is 84.9 Å². The van der Waals surface area contributed by atoms with Crippen LogP contribution in [0.4, 0.5) is 4.79 Å². The smallest absolute Gasteiger partial charge is 0.408 e. The van der Waals surface area contributed by atoms with Gasteiger partial charge in [0, 0.05) is 18.5 Å². The largest absolute Gasteiger partial charge is 0.444 e. The number of rotatable bonds is 12. The maximum atomic E-state index is 14.4. The molecular weight excluding hydrogens is 478 g/mol. The third kappa shape index (κ3) is 9.51. The van der Waals surface area contributed by atoms with Crippen molar-refractivity contribution in [3.05, 3.63) is 71.8 Å². The van der Waals surface area contributed by atoms with Crippen LogP contribution in [0.5, 0.6) is 0 Å². The summed E-state index contributed by atoms with van der Waals surface area (Å²) in [7, 11) is 0. The van der Waals surface area contributed by atoms with Crippen molar-refractivity contribution in [1.82, 2.24) is 15.5 Å². The van der Waals surface area contributed by atoms with Gasteiger partial charge in [-0.25, -0.2) is 4.79 Å². The van der Waals surface area contributed by atoms with E-state index in [9.17, 15) is 14.4 Å². The molecule has 7 heteroatoms. The van der Waals surface area contributed by atoms with Gasteiger partial charge < -0.3 is 20.3 Å². The van der Waals surface area contributed by atoms with Crippen molar-refractivity contribution in [2.45, 2.75) is 104 Å². The van der Waals surface area contributed by atoms with Gasteiger partial charge in [0.05, 0.1) is 0 Å². The van der Waals surface area contributed by atoms with Crippen LogP contribution in [0.25, 0.3) is 0 Å². The summed E-state index contributed by atoms with van der Waals surface area (Å²) in [6.07, 6.45) is 2.00. The quantitative estimate of drug-likeness (QED) is 0.368. The lowest BCUT2D eigenvalue weighted by Gasteiger charge is -2.38. The molecule has 0 aromatic heterocycles. The molecular formula is C31H45N3O4. The summed E-state index contributed by atoms with van der Waals surface area (Å²) in [5.41, 5.74) is 0.893. The lowest BCUT2D eigenvalue weighted by atomic mass is 9.97. The first kappa shape index (κ1) is 30.9. The lowest BCUT2D eigenvalue weighted by Crippen LogP contribution is -2.56. The van der Waals surface area contributed by atoms with E-state index in [4.69, 9.17) is 4.74 Å². The van der Waals surface area contributed by atoms with Crippen LogP contribution in [-0.4, -0.2) is 46.5 Å². The van der Waals surface area contributed by atoms with Crippen LogP contribution in [0.3, 0.4) is 0 Å². The van der Waals surface area contributed by atoms with E-state index in [-0.39, 0.29) is 30.3 Å². The predicted octanol–water partition coefficient (Wildman–Crippen LogP) is 5.80. The van der Waals surface area contributed by atoms with Crippen LogP contribution in [0, 0.1) is 0 Å². The molecule has 0 spiro atoms. The van der Waals surface area contributed by atoms with Crippen LogP contribution in [-0.2, 0) is 20.7 Å². The van der Waals surface area contributed by atoms with Crippen molar-refractivity contribution < 1.29 is 19.1 Å². The van der Waals surface area contributed by atoms with Gasteiger partial charge in [0.2, 0.25) is 11.8 Å². The monoisotopic (exact) mass is 523 g/mol. The molecule has 2 aromatic rings. The summed E-state index contributed by atoms with van der Waals surface area (Å²) < 4.78 is 5.49. The molecule has 2 aromatic carbocycles. The van der Waals surface area contributed by atoms with Crippen LogP contribution < -0.4 is 10.6 Å². The molecule has 4 unspecified atom stereocenters. The van der Waals surface area contributed by atoms with Gasteiger partial charge in [0.15, 0.2) is 0 Å². The van der Waals surface area contributed by atoms with Crippen molar-refractivity contribution in [3.8, 4) is 0 Å². The molecule has 2 N–H and O–H groups in total. The summed E-state index contributed by atoms with van der Waals surface area (Å²) in [6, 6.07) is 16.8. The standard InChI is InChI=1S/C31H45N3O4/c1-8-16-22(3)32-28(35)27(25-19-14-11-15-20-25)34(23(4)9-2)29(36)26(21-24-17-12-10-13-18-24)33-30(37)38-31(5,6)7/h10-15,17-20,22-23,26-27H,8-9,16,21H2,1-7H3,(H,32,35)(H,33,37). The van der Waals surface area contributed by atoms with Crippen LogP contribution in [0.15, 0.2) is 60.7 Å². The van der Waals surface area contributed by atoms with Crippen molar-refractivity contribution in [2.75, 3.05) is 0 Å². The molecule has 4 atom stereocenters. The number of amides is 3. The second kappa shape index (κ2) is 14.6. The molecule has 0 saturated carbocycles. The second-order valence-electron chi connectivity index (χ2n) is 10.9. The van der Waals surface area contributed by atoms with Crippen LogP contribution in [0.2, 0.25) is 0 Å². The van der Waals surface area contributed by atoms with E-state index in [1.807, 2.05) is 81.4 Å². The van der Waals surface area contributed by atoms with Gasteiger partial charge in [-0.2, -0.15) is 0 Å². The molecule has 0 aliphatic rings. The zero-order valence-electron chi connectivity index (χ0n) is 24.0. The van der Waals surface area contributed by atoms with Gasteiger partial charge in [-0.3, -0.25) is 9.59 Å². The number of hydrogen-bond acceptors (Lipinski definition) is 4. The SMILES string of the molecule is CCCC(C)NC(=O)C(c1ccccc1)N(C(=O)C(Cc1ccccc1)NC(=O)OC(C)(C)C)C(C)CC. The van der Waals surface area contributed by atoms with Gasteiger partial charge in [0.1, 0.15) is 17.7 Å². The van der Waals surface area contributed by atoms with Crippen molar-refractivity contribution in [2.24, 2.45) is 0 Å². The Hall–Kier alpha value is -3.35. The summed E-state index contributed by atoms with van der Waals surface area (Å²) in [6.45, 7) is 13.3. The number of ether oxygens (including phenoxy) is 1. The van der Waals surface area contributed by atoms with E-state index in [0.717, 1.165) is 24.0 Å². The van der Waals surface area contributed by atoms with Crippen molar-refractivity contribution >= 4 is 17.9 Å². The molecule has 0 bridgehead atoms. The molecule has 208 valence electrons. The highest BCUT2D eigenvalue weighted by atomic mass is 16.6. The first-order chi connectivity index (χ1) is 18.0. The molecule has 0 aliphatic carbocycles. The average molecular weight is 524 g/mol. The number of hydrogen-bond donors (Lipinski definition) is 2. The molecule has 0 fully saturated rings. The van der Waals surface area contributed by atoms with Gasteiger partial charge in [-0.15, -0.1) is 0 Å². The van der Waals surface area contributed by atoms with E-state index < -0.39 is 23.8 Å². The molecule has 0 heterocycles. The summed E-state index contributed by atoms with van der Waals surface area (Å²) in [5.74, 6) is -0.567. The highest BCUT2D eigenvalue weighted by molar-refractivity contribution is 5.92. The third-order valence-corrected chi connectivity index (χ3v) is 6.34. The number of alkyl carbamates (subject to hydrolysis) is 1. The van der Waals surface area contributed by atoms with E-state index >= 15 is 0 Å². The van der Waals surface area contributed by atoms with Crippen LogP contribution >= 0.6 is 0 Å². The molecule has 2 rings (SSSR count). The number of nitrogens with one attached hydrogen (secondary N) is 2. The third-order valence-electron chi connectivity index (χ3n) is 6.34. The Balaban J connectivity index is 2.53. The number of carbonyl (C=O) groups excluding carboxylic acids is 3. The second-order valence-corrected chi connectivity index (χ2v) is 10.9. The Labute approximate surface area is 228 Å². The molecule has 38 heavy (non-hydrogen) atoms. The molecule has 7 nitrogen and oxygen atoms in total. The Bertz CT molecular complexity index is 1020. The zero-order valence-corrected chi connectivity index (χ0v) is 24.0. The normalized spacial score (nSPS) is 14.5. The fourth-order valence-corrected chi connectivity index (χ4v) is 4.38. The minimum atomic E-state index is -0.923. The zero-order chi connectivity index (χ0) is 28.3. The fraction of sp³-hybridized carbons (Fsp3) is 0.516. The number of benzene rings is 2. The number of carbonyl (C=O) groups is 3. The lowest BCUT2D eigenvalue weighted by molar-refractivity contribution is -0.145. The Morgan fingerprint density at radius 1 is 0.895 bits per heavy atom. The van der Waals surface area contributed by atoms with E-state index in [0.29, 0.717) is 6.42 Å². The molecule has 0 aliphatic heterocycles. The van der Waals surface area contributed by atoms with E-state index in [1.54, 1.807) is 25.7 Å². The maximum absolute atomic E-state index is 14.4. The van der Waals surface area contributed by atoms with Gasteiger partial charge in [0.25, 0.3) is 0 Å². The predicted molar refractivity (Wildman–Crippen MR) is 152 cm³/mol. The highest BCUT2D eigenvalue weighted by Crippen LogP contribution is 2.27. The molecule has 0 radical (unpaired) electrons. The van der Waals surface area contributed by atoms with Crippen molar-refractivity contribution in [3.63, 3.8) is 0 Å². The number of nitrogens with zero attached hydrogens (tertiary/aromatic N) is 1. The van der Waals surface area contributed by atoms with Gasteiger partial charge >= 0.3 is 6.09 Å². The van der Waals surface area contributed by atoms with Gasteiger partial charge in [-0.1, -0.05) is 80.9 Å². The molecule has 3 amide bonds. The Kier molecular flexibility index (Phi) is 11.8. The average Bonchev–Trinajstić information content (AvgIpc) is 2.86. The Morgan fingerprint density at radius 2 is 1.47 bits per heavy atom. The van der Waals surface area contributed by atoms with E-state index in [2.05, 4.69) is 17.6 Å². The topological polar surface area (TPSA) is 87.7 Å². The van der Waals surface area contributed by atoms with Crippen molar-refractivity contribution in [1.29, 1.82) is 0 Å². The minimum absolute atomic E-state index is 0.0346. The fourth-order valence-electron chi connectivity index (χ4n) is 4.38. The molecule has 0 saturated heterocycles. The summed E-state index contributed by atoms with van der Waals surface area (Å²) >= 11 is 0. The summed E-state index contributed by atoms with van der Waals surface area (Å²) in [5, 5.41) is 5.91. The van der Waals surface area contributed by atoms with Gasteiger partial charge in [-0.05, 0) is 58.6 Å². The minimum Gasteiger partial charge on any atom is -0.444 e. The van der Waals surface area contributed by atoms with E-state index in [1.165, 1.54) is 0 Å². The first-order valence-electron chi connectivity index (χ1n) is 13.7.